The molecule has 1 atom stereocenters. The molecule has 7 nitrogen and oxygen atoms in total. The van der Waals surface area contributed by atoms with E-state index in [4.69, 9.17) is 4.74 Å². The predicted molar refractivity (Wildman–Crippen MR) is 84.3 cm³/mol. The number of carbonyl (C=O) groups excluding carboxylic acids is 2. The molecule has 0 aliphatic carbocycles. The van der Waals surface area contributed by atoms with Crippen molar-refractivity contribution in [3.63, 3.8) is 0 Å². The Balaban J connectivity index is 1.51. The summed E-state index contributed by atoms with van der Waals surface area (Å²) in [7, 11) is 0. The number of nitrogens with zero attached hydrogens (tertiary/aromatic N) is 2. The Bertz CT molecular complexity index is 742. The van der Waals surface area contributed by atoms with E-state index in [-0.39, 0.29) is 5.91 Å². The second-order valence-electron chi connectivity index (χ2n) is 5.94. The monoisotopic (exact) mass is 332 g/mol. The summed E-state index contributed by atoms with van der Waals surface area (Å²) in [6.45, 7) is 1.53. The number of nitrogens with one attached hydrogen (secondary N) is 2. The van der Waals surface area contributed by atoms with Crippen LogP contribution in [0.15, 0.2) is 22.9 Å². The normalized spacial score (nSPS) is 23.8. The molecule has 2 aromatic rings. The number of hydrogen-bond acceptors (Lipinski definition) is 5. The molecule has 0 bridgehead atoms. The standard InChI is InChI=1S/C15H16N4O3S/c20-13(12-6-11(17-18-12)10-2-5-23-7-10)19-4-1-3-15(9-19)8-16-14(21)22-15/h2,5-7H,1,3-4,8-9H2,(H,16,21)(H,17,18)/t15-/m0/s1. The minimum Gasteiger partial charge on any atom is -0.439 e. The lowest BCUT2D eigenvalue weighted by atomic mass is 9.93. The van der Waals surface area contributed by atoms with Crippen molar-refractivity contribution in [2.24, 2.45) is 0 Å². The second kappa shape index (κ2) is 5.38. The molecule has 0 unspecified atom stereocenters. The van der Waals surface area contributed by atoms with Crippen LogP contribution in [0.3, 0.4) is 0 Å². The molecule has 2 aliphatic heterocycles. The zero-order valence-electron chi connectivity index (χ0n) is 12.4. The highest BCUT2D eigenvalue weighted by molar-refractivity contribution is 7.08. The number of thiophene rings is 1. The number of piperidine rings is 1. The lowest BCUT2D eigenvalue weighted by Crippen LogP contribution is -2.52. The summed E-state index contributed by atoms with van der Waals surface area (Å²) in [4.78, 5) is 25.8. The van der Waals surface area contributed by atoms with Gasteiger partial charge in [0.15, 0.2) is 0 Å². The topological polar surface area (TPSA) is 87.3 Å². The van der Waals surface area contributed by atoms with Gasteiger partial charge >= 0.3 is 6.09 Å². The fourth-order valence-electron chi connectivity index (χ4n) is 3.16. The first kappa shape index (κ1) is 14.3. The summed E-state index contributed by atoms with van der Waals surface area (Å²) in [5.74, 6) is -0.110. The fraction of sp³-hybridized carbons (Fsp3) is 0.400. The van der Waals surface area contributed by atoms with Crippen molar-refractivity contribution in [3.8, 4) is 11.3 Å². The molecule has 4 rings (SSSR count). The maximum absolute atomic E-state index is 12.7. The van der Waals surface area contributed by atoms with E-state index in [1.807, 2.05) is 16.8 Å². The third-order valence-electron chi connectivity index (χ3n) is 4.32. The van der Waals surface area contributed by atoms with Crippen LogP contribution in [-0.4, -0.2) is 52.3 Å². The number of rotatable bonds is 2. The molecule has 0 radical (unpaired) electrons. The molecule has 2 fully saturated rings. The van der Waals surface area contributed by atoms with E-state index in [0.29, 0.717) is 25.3 Å². The van der Waals surface area contributed by atoms with E-state index in [2.05, 4.69) is 15.5 Å². The Kier molecular flexibility index (Phi) is 3.33. The molecule has 0 aromatic carbocycles. The minimum absolute atomic E-state index is 0.110. The molecule has 1 spiro atoms. The van der Waals surface area contributed by atoms with E-state index < -0.39 is 11.7 Å². The largest absolute Gasteiger partial charge is 0.439 e. The van der Waals surface area contributed by atoms with Gasteiger partial charge < -0.3 is 15.0 Å². The van der Waals surface area contributed by atoms with Crippen molar-refractivity contribution < 1.29 is 14.3 Å². The van der Waals surface area contributed by atoms with Crippen LogP contribution in [0.5, 0.6) is 0 Å². The Labute approximate surface area is 136 Å². The first-order chi connectivity index (χ1) is 11.2. The fourth-order valence-corrected chi connectivity index (χ4v) is 3.81. The van der Waals surface area contributed by atoms with Crippen molar-refractivity contribution in [1.82, 2.24) is 20.4 Å². The van der Waals surface area contributed by atoms with Crippen LogP contribution in [0.2, 0.25) is 0 Å². The number of ether oxygens (including phenoxy) is 1. The Morgan fingerprint density at radius 2 is 2.39 bits per heavy atom. The van der Waals surface area contributed by atoms with Gasteiger partial charge in [0.25, 0.3) is 5.91 Å². The van der Waals surface area contributed by atoms with E-state index in [1.165, 1.54) is 0 Å². The molecule has 2 aliphatic rings. The Hall–Kier alpha value is -2.35. The van der Waals surface area contributed by atoms with Crippen LogP contribution in [-0.2, 0) is 4.74 Å². The van der Waals surface area contributed by atoms with Crippen molar-refractivity contribution >= 4 is 23.3 Å². The number of aromatic amines is 1. The molecule has 2 aromatic heterocycles. The SMILES string of the molecule is O=C1NC[C@]2(CCCN(C(=O)c3cc(-c4ccsc4)n[nH]3)C2)O1. The quantitative estimate of drug-likeness (QED) is 0.878. The molecule has 0 saturated carbocycles. The van der Waals surface area contributed by atoms with Crippen LogP contribution >= 0.6 is 11.3 Å². The van der Waals surface area contributed by atoms with Gasteiger partial charge in [0.2, 0.25) is 0 Å². The van der Waals surface area contributed by atoms with Crippen LogP contribution in [0.1, 0.15) is 23.3 Å². The van der Waals surface area contributed by atoms with Gasteiger partial charge in [0.1, 0.15) is 11.3 Å². The summed E-state index contributed by atoms with van der Waals surface area (Å²) in [5.41, 5.74) is 1.63. The first-order valence-corrected chi connectivity index (χ1v) is 8.44. The number of hydrogen-bond donors (Lipinski definition) is 2. The number of carbonyl (C=O) groups is 2. The van der Waals surface area contributed by atoms with Gasteiger partial charge in [0.05, 0.1) is 18.8 Å². The zero-order chi connectivity index (χ0) is 15.9. The molecule has 2 N–H and O–H groups in total. The molecule has 2 amide bonds. The Morgan fingerprint density at radius 1 is 1.48 bits per heavy atom. The molecular weight excluding hydrogens is 316 g/mol. The maximum Gasteiger partial charge on any atom is 0.407 e. The van der Waals surface area contributed by atoms with Crippen LogP contribution in [0.25, 0.3) is 11.3 Å². The highest BCUT2D eigenvalue weighted by Gasteiger charge is 2.45. The van der Waals surface area contributed by atoms with Gasteiger partial charge in [0, 0.05) is 17.5 Å². The molecule has 4 heterocycles. The molecular formula is C15H16N4O3S. The summed E-state index contributed by atoms with van der Waals surface area (Å²) < 4.78 is 5.40. The third kappa shape index (κ3) is 2.59. The van der Waals surface area contributed by atoms with Gasteiger partial charge in [-0.15, -0.1) is 0 Å². The van der Waals surface area contributed by atoms with Crippen molar-refractivity contribution in [2.75, 3.05) is 19.6 Å². The maximum atomic E-state index is 12.7. The molecule has 8 heteroatoms. The van der Waals surface area contributed by atoms with Gasteiger partial charge in [-0.25, -0.2) is 4.79 Å². The van der Waals surface area contributed by atoms with E-state index in [1.54, 1.807) is 22.3 Å². The number of likely N-dealkylation sites (tertiary alicyclic amines) is 1. The van der Waals surface area contributed by atoms with Gasteiger partial charge in [-0.3, -0.25) is 9.89 Å². The summed E-state index contributed by atoms with van der Waals surface area (Å²) >= 11 is 1.59. The number of alkyl carbamates (subject to hydrolysis) is 1. The van der Waals surface area contributed by atoms with Crippen LogP contribution in [0.4, 0.5) is 4.79 Å². The summed E-state index contributed by atoms with van der Waals surface area (Å²) in [5, 5.41) is 13.7. The number of aromatic nitrogens is 2. The first-order valence-electron chi connectivity index (χ1n) is 7.49. The third-order valence-corrected chi connectivity index (χ3v) is 5.00. The van der Waals surface area contributed by atoms with E-state index in [9.17, 15) is 9.59 Å². The lowest BCUT2D eigenvalue weighted by Gasteiger charge is -2.37. The second-order valence-corrected chi connectivity index (χ2v) is 6.72. The van der Waals surface area contributed by atoms with Crippen molar-refractivity contribution in [1.29, 1.82) is 0 Å². The number of amides is 2. The number of H-pyrrole nitrogens is 1. The highest BCUT2D eigenvalue weighted by Crippen LogP contribution is 2.29. The van der Waals surface area contributed by atoms with Crippen LogP contribution in [0, 0.1) is 0 Å². The van der Waals surface area contributed by atoms with Crippen molar-refractivity contribution in [3.05, 3.63) is 28.6 Å². The molecule has 23 heavy (non-hydrogen) atoms. The van der Waals surface area contributed by atoms with Gasteiger partial charge in [-0.1, -0.05) is 0 Å². The summed E-state index contributed by atoms with van der Waals surface area (Å²) in [6.07, 6.45) is 1.19. The minimum atomic E-state index is -0.582. The zero-order valence-corrected chi connectivity index (χ0v) is 13.2. The van der Waals surface area contributed by atoms with E-state index in [0.717, 1.165) is 24.1 Å². The van der Waals surface area contributed by atoms with E-state index >= 15 is 0 Å². The Morgan fingerprint density at radius 3 is 3.13 bits per heavy atom. The molecule has 120 valence electrons. The average molecular weight is 332 g/mol. The van der Waals surface area contributed by atoms with Gasteiger partial charge in [-0.2, -0.15) is 16.4 Å². The van der Waals surface area contributed by atoms with Crippen LogP contribution < -0.4 is 5.32 Å². The highest BCUT2D eigenvalue weighted by atomic mass is 32.1. The average Bonchev–Trinajstić information content (AvgIpc) is 3.27. The van der Waals surface area contributed by atoms with Gasteiger partial charge in [-0.05, 0) is 30.4 Å². The lowest BCUT2D eigenvalue weighted by molar-refractivity contribution is -0.00523. The predicted octanol–water partition coefficient (Wildman–Crippen LogP) is 1.85. The molecule has 2 saturated heterocycles. The summed E-state index contributed by atoms with van der Waals surface area (Å²) in [6, 6.07) is 3.74. The van der Waals surface area contributed by atoms with Crippen molar-refractivity contribution in [2.45, 2.75) is 18.4 Å². The smallest absolute Gasteiger partial charge is 0.407 e.